The summed E-state index contributed by atoms with van der Waals surface area (Å²) >= 11 is 6.02. The minimum atomic E-state index is -0.429. The van der Waals surface area contributed by atoms with Crippen molar-refractivity contribution in [3.05, 3.63) is 34.9 Å². The zero-order chi connectivity index (χ0) is 15.6. The molecule has 22 heavy (non-hydrogen) atoms. The van der Waals surface area contributed by atoms with Crippen LogP contribution in [0.4, 0.5) is 0 Å². The predicted octanol–water partition coefficient (Wildman–Crippen LogP) is 2.50. The Morgan fingerprint density at radius 1 is 1.23 bits per heavy atom. The van der Waals surface area contributed by atoms with Crippen LogP contribution >= 0.6 is 11.6 Å². The van der Waals surface area contributed by atoms with Crippen LogP contribution in [0.15, 0.2) is 24.3 Å². The van der Waals surface area contributed by atoms with E-state index in [9.17, 15) is 9.59 Å². The minimum Gasteiger partial charge on any atom is -0.355 e. The van der Waals surface area contributed by atoms with Gasteiger partial charge in [0.2, 0.25) is 11.8 Å². The van der Waals surface area contributed by atoms with Crippen LogP contribution in [-0.2, 0) is 15.0 Å². The molecule has 1 aromatic carbocycles. The van der Waals surface area contributed by atoms with Crippen LogP contribution in [0.25, 0.3) is 0 Å². The van der Waals surface area contributed by atoms with Crippen molar-refractivity contribution in [1.82, 2.24) is 10.2 Å². The highest BCUT2D eigenvalue weighted by Crippen LogP contribution is 2.48. The fourth-order valence-electron chi connectivity index (χ4n) is 3.13. The van der Waals surface area contributed by atoms with Crippen LogP contribution in [0, 0.1) is 0 Å². The number of hydrogen-bond donors (Lipinski definition) is 1. The van der Waals surface area contributed by atoms with Gasteiger partial charge in [-0.05, 0) is 43.4 Å². The van der Waals surface area contributed by atoms with Crippen molar-refractivity contribution >= 4 is 23.4 Å². The number of rotatable bonds is 5. The maximum Gasteiger partial charge on any atom is 0.230 e. The molecule has 0 unspecified atom stereocenters. The summed E-state index contributed by atoms with van der Waals surface area (Å²) in [4.78, 5) is 26.3. The van der Waals surface area contributed by atoms with E-state index in [4.69, 9.17) is 11.6 Å². The van der Waals surface area contributed by atoms with E-state index >= 15 is 0 Å². The maximum absolute atomic E-state index is 12.5. The number of amides is 2. The van der Waals surface area contributed by atoms with Crippen LogP contribution in [0.2, 0.25) is 5.02 Å². The second kappa shape index (κ2) is 6.29. The molecule has 118 valence electrons. The second-order valence-corrected chi connectivity index (χ2v) is 6.62. The van der Waals surface area contributed by atoms with Crippen LogP contribution in [0.1, 0.15) is 37.7 Å². The molecule has 0 atom stereocenters. The summed E-state index contributed by atoms with van der Waals surface area (Å²) in [6.45, 7) is 2.13. The Kier molecular flexibility index (Phi) is 4.39. The van der Waals surface area contributed by atoms with Crippen molar-refractivity contribution < 1.29 is 9.59 Å². The molecule has 1 aliphatic heterocycles. The number of benzene rings is 1. The Labute approximate surface area is 135 Å². The first-order valence-electron chi connectivity index (χ1n) is 7.94. The average molecular weight is 321 g/mol. The second-order valence-electron chi connectivity index (χ2n) is 6.19. The third kappa shape index (κ3) is 3.12. The Hall–Kier alpha value is -1.55. The van der Waals surface area contributed by atoms with Gasteiger partial charge in [0.25, 0.3) is 0 Å². The third-order valence-electron chi connectivity index (χ3n) is 4.65. The van der Waals surface area contributed by atoms with Crippen molar-refractivity contribution in [3.63, 3.8) is 0 Å². The van der Waals surface area contributed by atoms with E-state index in [1.807, 2.05) is 29.2 Å². The molecule has 5 heteroatoms. The van der Waals surface area contributed by atoms with Crippen molar-refractivity contribution in [2.75, 3.05) is 19.6 Å². The third-order valence-corrected chi connectivity index (χ3v) is 4.88. The van der Waals surface area contributed by atoms with Gasteiger partial charge in [-0.15, -0.1) is 0 Å². The quantitative estimate of drug-likeness (QED) is 0.906. The first kappa shape index (κ1) is 15.3. The first-order chi connectivity index (χ1) is 10.6. The molecule has 1 saturated carbocycles. The van der Waals surface area contributed by atoms with Gasteiger partial charge in [-0.1, -0.05) is 23.7 Å². The summed E-state index contributed by atoms with van der Waals surface area (Å²) in [6.07, 6.45) is 4.27. The summed E-state index contributed by atoms with van der Waals surface area (Å²) in [6, 6.07) is 7.51. The highest BCUT2D eigenvalue weighted by Gasteiger charge is 2.51. The SMILES string of the molecule is O=C(CCNC(=O)C1(c2cccc(Cl)c2)CC1)N1CCCC1. The zero-order valence-corrected chi connectivity index (χ0v) is 13.4. The van der Waals surface area contributed by atoms with Gasteiger partial charge in [0.05, 0.1) is 5.41 Å². The van der Waals surface area contributed by atoms with E-state index in [0.717, 1.165) is 44.3 Å². The number of carbonyl (C=O) groups excluding carboxylic acids is 2. The molecule has 2 fully saturated rings. The van der Waals surface area contributed by atoms with Gasteiger partial charge >= 0.3 is 0 Å². The van der Waals surface area contributed by atoms with Gasteiger partial charge in [0.15, 0.2) is 0 Å². The number of nitrogens with zero attached hydrogens (tertiary/aromatic N) is 1. The molecule has 4 nitrogen and oxygen atoms in total. The van der Waals surface area contributed by atoms with E-state index in [0.29, 0.717) is 18.0 Å². The molecule has 1 N–H and O–H groups in total. The number of halogens is 1. The lowest BCUT2D eigenvalue weighted by Crippen LogP contribution is -2.37. The standard InChI is InChI=1S/C17H21ClN2O2/c18-14-5-3-4-13(12-14)17(7-8-17)16(22)19-9-6-15(21)20-10-1-2-11-20/h3-5,12H,1-2,6-11H2,(H,19,22). The van der Waals surface area contributed by atoms with Crippen molar-refractivity contribution in [2.45, 2.75) is 37.5 Å². The van der Waals surface area contributed by atoms with Crippen LogP contribution in [-0.4, -0.2) is 36.3 Å². The number of nitrogens with one attached hydrogen (secondary N) is 1. The van der Waals surface area contributed by atoms with Gasteiger partial charge in [-0.2, -0.15) is 0 Å². The topological polar surface area (TPSA) is 49.4 Å². The highest BCUT2D eigenvalue weighted by atomic mass is 35.5. The predicted molar refractivity (Wildman–Crippen MR) is 85.8 cm³/mol. The lowest BCUT2D eigenvalue weighted by Gasteiger charge is -2.18. The Bertz CT molecular complexity index is 578. The molecular weight excluding hydrogens is 300 g/mol. The molecule has 1 heterocycles. The highest BCUT2D eigenvalue weighted by molar-refractivity contribution is 6.30. The lowest BCUT2D eigenvalue weighted by molar-refractivity contribution is -0.130. The summed E-state index contributed by atoms with van der Waals surface area (Å²) in [5, 5.41) is 3.58. The number of hydrogen-bond acceptors (Lipinski definition) is 2. The van der Waals surface area contributed by atoms with Crippen LogP contribution in [0.3, 0.4) is 0 Å². The molecule has 1 aliphatic carbocycles. The van der Waals surface area contributed by atoms with Crippen molar-refractivity contribution in [2.24, 2.45) is 0 Å². The molecule has 0 spiro atoms. The van der Waals surface area contributed by atoms with Crippen LogP contribution < -0.4 is 5.32 Å². The van der Waals surface area contributed by atoms with Gasteiger partial charge < -0.3 is 10.2 Å². The summed E-state index contributed by atoms with van der Waals surface area (Å²) in [5.41, 5.74) is 0.546. The maximum atomic E-state index is 12.5. The molecule has 0 bridgehead atoms. The molecule has 2 aliphatic rings. The van der Waals surface area contributed by atoms with E-state index in [1.165, 1.54) is 0 Å². The Morgan fingerprint density at radius 3 is 2.59 bits per heavy atom. The monoisotopic (exact) mass is 320 g/mol. The minimum absolute atomic E-state index is 0.0176. The normalized spacial score (nSPS) is 19.0. The fourth-order valence-corrected chi connectivity index (χ4v) is 3.33. The van der Waals surface area contributed by atoms with E-state index in [-0.39, 0.29) is 11.8 Å². The number of likely N-dealkylation sites (tertiary alicyclic amines) is 1. The van der Waals surface area contributed by atoms with Crippen molar-refractivity contribution in [3.8, 4) is 0 Å². The summed E-state index contributed by atoms with van der Waals surface area (Å²) in [5.74, 6) is 0.161. The summed E-state index contributed by atoms with van der Waals surface area (Å²) < 4.78 is 0. The van der Waals surface area contributed by atoms with E-state index < -0.39 is 5.41 Å². The Balaban J connectivity index is 1.52. The van der Waals surface area contributed by atoms with Gasteiger partial charge in [-0.25, -0.2) is 0 Å². The molecule has 2 amide bonds. The van der Waals surface area contributed by atoms with Crippen molar-refractivity contribution in [1.29, 1.82) is 0 Å². The van der Waals surface area contributed by atoms with Gasteiger partial charge in [-0.3, -0.25) is 9.59 Å². The number of carbonyl (C=O) groups is 2. The molecule has 1 aromatic rings. The average Bonchev–Trinajstić information content (AvgIpc) is 3.14. The fraction of sp³-hybridized carbons (Fsp3) is 0.529. The lowest BCUT2D eigenvalue weighted by atomic mass is 9.95. The molecule has 0 radical (unpaired) electrons. The zero-order valence-electron chi connectivity index (χ0n) is 12.6. The first-order valence-corrected chi connectivity index (χ1v) is 8.32. The van der Waals surface area contributed by atoms with E-state index in [1.54, 1.807) is 0 Å². The summed E-state index contributed by atoms with van der Waals surface area (Å²) in [7, 11) is 0. The molecular formula is C17H21ClN2O2. The molecule has 3 rings (SSSR count). The van der Waals surface area contributed by atoms with Gasteiger partial charge in [0.1, 0.15) is 0 Å². The molecule has 0 aromatic heterocycles. The Morgan fingerprint density at radius 2 is 1.95 bits per heavy atom. The van der Waals surface area contributed by atoms with Crippen LogP contribution in [0.5, 0.6) is 0 Å². The van der Waals surface area contributed by atoms with Gasteiger partial charge in [0, 0.05) is 31.1 Å². The van der Waals surface area contributed by atoms with E-state index in [2.05, 4.69) is 5.32 Å². The smallest absolute Gasteiger partial charge is 0.230 e. The molecule has 1 saturated heterocycles. The largest absolute Gasteiger partial charge is 0.355 e.